The average Bonchev–Trinajstić information content (AvgIpc) is 2.75. The van der Waals surface area contributed by atoms with E-state index in [9.17, 15) is 29.3 Å². The lowest BCUT2D eigenvalue weighted by molar-refractivity contribution is -0.384. The summed E-state index contributed by atoms with van der Waals surface area (Å²) in [4.78, 5) is 61.7. The molecule has 2 aromatic carbocycles. The minimum absolute atomic E-state index is 0.00692. The zero-order valence-corrected chi connectivity index (χ0v) is 17.2. The van der Waals surface area contributed by atoms with E-state index in [0.29, 0.717) is 16.5 Å². The second-order valence-electron chi connectivity index (χ2n) is 6.95. The molecule has 1 aliphatic rings. The third-order valence-electron chi connectivity index (χ3n) is 4.88. The van der Waals surface area contributed by atoms with Crippen LogP contribution in [0.4, 0.5) is 5.69 Å². The Bertz CT molecular complexity index is 1040. The standard InChI is InChI=1S/C21H18ClN3O6/c1-13(20(28)14-5-9-16(22)10-6-14)23(24-18(26)3-2-4-19(24)27)21(29)15-7-11-17(12-8-15)25(30)31/h5-13H,2-4H2,1H3/t13-/m0/s1. The highest BCUT2D eigenvalue weighted by atomic mass is 35.5. The second-order valence-corrected chi connectivity index (χ2v) is 7.39. The first-order valence-corrected chi connectivity index (χ1v) is 9.82. The lowest BCUT2D eigenvalue weighted by Gasteiger charge is -2.38. The lowest BCUT2D eigenvalue weighted by atomic mass is 10.0. The largest absolute Gasteiger partial charge is 0.292 e. The maximum absolute atomic E-state index is 13.3. The molecule has 160 valence electrons. The molecule has 0 radical (unpaired) electrons. The first-order chi connectivity index (χ1) is 14.7. The maximum atomic E-state index is 13.3. The highest BCUT2D eigenvalue weighted by Gasteiger charge is 2.40. The van der Waals surface area contributed by atoms with Crippen molar-refractivity contribution >= 4 is 40.8 Å². The third kappa shape index (κ3) is 4.61. The molecule has 2 aromatic rings. The quantitative estimate of drug-likeness (QED) is 0.292. The van der Waals surface area contributed by atoms with Gasteiger partial charge in [0.15, 0.2) is 5.78 Å². The molecule has 1 saturated heterocycles. The van der Waals surface area contributed by atoms with Crippen molar-refractivity contribution in [3.63, 3.8) is 0 Å². The second kappa shape index (κ2) is 9.05. The molecule has 31 heavy (non-hydrogen) atoms. The SMILES string of the molecule is C[C@@H](C(=O)c1ccc(Cl)cc1)N(C(=O)c1ccc([N+](=O)[O-])cc1)N1C(=O)CCCC1=O. The minimum atomic E-state index is -1.20. The van der Waals surface area contributed by atoms with Crippen molar-refractivity contribution in [3.05, 3.63) is 74.8 Å². The van der Waals surface area contributed by atoms with Crippen molar-refractivity contribution in [2.75, 3.05) is 0 Å². The van der Waals surface area contributed by atoms with Crippen molar-refractivity contribution in [2.24, 2.45) is 0 Å². The van der Waals surface area contributed by atoms with Crippen molar-refractivity contribution in [3.8, 4) is 0 Å². The van der Waals surface area contributed by atoms with Gasteiger partial charge in [0.1, 0.15) is 6.04 Å². The molecule has 0 aliphatic carbocycles. The number of hydrogen-bond acceptors (Lipinski definition) is 6. The molecule has 0 bridgehead atoms. The number of non-ortho nitro benzene ring substituents is 1. The number of nitrogens with zero attached hydrogens (tertiary/aromatic N) is 3. The number of imide groups is 1. The van der Waals surface area contributed by atoms with Gasteiger partial charge in [0.05, 0.1) is 4.92 Å². The summed E-state index contributed by atoms with van der Waals surface area (Å²) in [6.45, 7) is 1.41. The van der Waals surface area contributed by atoms with Gasteiger partial charge in [-0.3, -0.25) is 29.3 Å². The van der Waals surface area contributed by atoms with Crippen molar-refractivity contribution in [1.29, 1.82) is 0 Å². The van der Waals surface area contributed by atoms with E-state index in [2.05, 4.69) is 0 Å². The minimum Gasteiger partial charge on any atom is -0.292 e. The van der Waals surface area contributed by atoms with Crippen LogP contribution in [0.3, 0.4) is 0 Å². The van der Waals surface area contributed by atoms with E-state index in [1.807, 2.05) is 0 Å². The molecule has 10 heteroatoms. The van der Waals surface area contributed by atoms with Gasteiger partial charge in [0.2, 0.25) is 11.8 Å². The zero-order valence-electron chi connectivity index (χ0n) is 16.5. The predicted molar refractivity (Wildman–Crippen MR) is 110 cm³/mol. The molecule has 9 nitrogen and oxygen atoms in total. The number of hydrogen-bond donors (Lipinski definition) is 0. The third-order valence-corrected chi connectivity index (χ3v) is 5.13. The van der Waals surface area contributed by atoms with E-state index in [1.165, 1.54) is 43.3 Å². The number of carbonyl (C=O) groups is 4. The summed E-state index contributed by atoms with van der Waals surface area (Å²) in [7, 11) is 0. The fourth-order valence-corrected chi connectivity index (χ4v) is 3.37. The van der Waals surface area contributed by atoms with Crippen LogP contribution in [-0.4, -0.2) is 44.5 Å². The van der Waals surface area contributed by atoms with Crippen LogP contribution in [0.2, 0.25) is 5.02 Å². The van der Waals surface area contributed by atoms with Crippen molar-refractivity contribution in [1.82, 2.24) is 10.0 Å². The summed E-state index contributed by atoms with van der Waals surface area (Å²) >= 11 is 5.86. The average molecular weight is 444 g/mol. The Morgan fingerprint density at radius 3 is 2.03 bits per heavy atom. The number of piperidine rings is 1. The highest BCUT2D eigenvalue weighted by molar-refractivity contribution is 6.30. The van der Waals surface area contributed by atoms with Gasteiger partial charge in [-0.25, -0.2) is 5.01 Å². The van der Waals surface area contributed by atoms with Gasteiger partial charge in [-0.05, 0) is 49.7 Å². The fraction of sp³-hybridized carbons (Fsp3) is 0.238. The van der Waals surface area contributed by atoms with Gasteiger partial charge in [0.25, 0.3) is 11.6 Å². The lowest BCUT2D eigenvalue weighted by Crippen LogP contribution is -2.59. The molecule has 1 atom stereocenters. The number of Topliss-reactive ketones (excluding diaryl/α,β-unsaturated/α-hetero) is 1. The number of carbonyl (C=O) groups excluding carboxylic acids is 4. The topological polar surface area (TPSA) is 118 Å². The Balaban J connectivity index is 2.01. The van der Waals surface area contributed by atoms with Crippen LogP contribution in [0.15, 0.2) is 48.5 Å². The smallest absolute Gasteiger partial charge is 0.273 e. The summed E-state index contributed by atoms with van der Waals surface area (Å²) in [5, 5.41) is 12.9. The molecule has 1 heterocycles. The number of amides is 3. The fourth-order valence-electron chi connectivity index (χ4n) is 3.25. The van der Waals surface area contributed by atoms with E-state index in [-0.39, 0.29) is 29.7 Å². The molecule has 3 rings (SSSR count). The predicted octanol–water partition coefficient (Wildman–Crippen LogP) is 3.42. The van der Waals surface area contributed by atoms with Gasteiger partial charge in [0, 0.05) is 41.1 Å². The maximum Gasteiger partial charge on any atom is 0.273 e. The number of nitro benzene ring substituents is 1. The molecule has 1 aliphatic heterocycles. The molecular weight excluding hydrogens is 426 g/mol. The van der Waals surface area contributed by atoms with E-state index in [0.717, 1.165) is 17.1 Å². The van der Waals surface area contributed by atoms with Crippen LogP contribution in [0.25, 0.3) is 0 Å². The highest BCUT2D eigenvalue weighted by Crippen LogP contribution is 2.23. The number of hydrazine groups is 1. The molecule has 0 unspecified atom stereocenters. The van der Waals surface area contributed by atoms with Crippen LogP contribution in [0, 0.1) is 10.1 Å². The summed E-state index contributed by atoms with van der Waals surface area (Å²) in [5.74, 6) is -2.49. The van der Waals surface area contributed by atoms with Crippen LogP contribution >= 0.6 is 11.6 Å². The van der Waals surface area contributed by atoms with Gasteiger partial charge < -0.3 is 0 Å². The number of nitro groups is 1. The number of benzene rings is 2. The zero-order chi connectivity index (χ0) is 22.7. The molecule has 0 N–H and O–H groups in total. The van der Waals surface area contributed by atoms with Crippen LogP contribution in [0.1, 0.15) is 46.9 Å². The van der Waals surface area contributed by atoms with Crippen LogP contribution in [-0.2, 0) is 9.59 Å². The monoisotopic (exact) mass is 443 g/mol. The number of halogens is 1. The number of ketones is 1. The van der Waals surface area contributed by atoms with E-state index in [1.54, 1.807) is 0 Å². The summed E-state index contributed by atoms with van der Waals surface area (Å²) in [5.41, 5.74) is 0.0151. The number of rotatable bonds is 6. The van der Waals surface area contributed by atoms with Gasteiger partial charge in [-0.1, -0.05) is 11.6 Å². The Kier molecular flexibility index (Phi) is 6.45. The summed E-state index contributed by atoms with van der Waals surface area (Å²) < 4.78 is 0. The Morgan fingerprint density at radius 2 is 1.52 bits per heavy atom. The Labute approximate surface area is 182 Å². The first kappa shape index (κ1) is 22.1. The van der Waals surface area contributed by atoms with Crippen LogP contribution < -0.4 is 0 Å². The Hall–Kier alpha value is -3.59. The van der Waals surface area contributed by atoms with Crippen molar-refractivity contribution < 1.29 is 24.1 Å². The van der Waals surface area contributed by atoms with E-state index >= 15 is 0 Å². The summed E-state index contributed by atoms with van der Waals surface area (Å²) in [6, 6.07) is 9.49. The Morgan fingerprint density at radius 1 is 1.00 bits per heavy atom. The molecule has 0 saturated carbocycles. The van der Waals surface area contributed by atoms with Gasteiger partial charge >= 0.3 is 0 Å². The van der Waals surface area contributed by atoms with E-state index in [4.69, 9.17) is 11.6 Å². The normalized spacial score (nSPS) is 14.8. The summed E-state index contributed by atoms with van der Waals surface area (Å²) in [6.07, 6.45) is 0.461. The van der Waals surface area contributed by atoms with E-state index < -0.39 is 34.5 Å². The van der Waals surface area contributed by atoms with Crippen LogP contribution in [0.5, 0.6) is 0 Å². The molecule has 0 spiro atoms. The molecular formula is C21H18ClN3O6. The van der Waals surface area contributed by atoms with Gasteiger partial charge in [-0.2, -0.15) is 5.01 Å². The van der Waals surface area contributed by atoms with Gasteiger partial charge in [-0.15, -0.1) is 0 Å². The first-order valence-electron chi connectivity index (χ1n) is 9.44. The molecule has 1 fully saturated rings. The van der Waals surface area contributed by atoms with Crippen molar-refractivity contribution in [2.45, 2.75) is 32.2 Å². The molecule has 3 amide bonds. The molecule has 0 aromatic heterocycles.